The Labute approximate surface area is 98.7 Å². The Balaban J connectivity index is 2.43. The van der Waals surface area contributed by atoms with Crippen molar-refractivity contribution in [3.8, 4) is 5.75 Å². The fourth-order valence-electron chi connectivity index (χ4n) is 1.64. The van der Waals surface area contributed by atoms with Crippen molar-refractivity contribution in [3.05, 3.63) is 29.8 Å². The zero-order chi connectivity index (χ0) is 12.2. The minimum atomic E-state index is 0.174. The fraction of sp³-hybridized carbons (Fsp3) is 0.571. The van der Waals surface area contributed by atoms with E-state index >= 15 is 0 Å². The summed E-state index contributed by atoms with van der Waals surface area (Å²) in [4.78, 5) is 0. The smallest absolute Gasteiger partial charge is 0.115 e. The van der Waals surface area contributed by atoms with Gasteiger partial charge in [-0.15, -0.1) is 0 Å². The molecule has 1 aromatic carbocycles. The van der Waals surface area contributed by atoms with Gasteiger partial charge >= 0.3 is 0 Å². The van der Waals surface area contributed by atoms with Gasteiger partial charge in [0, 0.05) is 5.54 Å². The average Bonchev–Trinajstić information content (AvgIpc) is 2.14. The highest BCUT2D eigenvalue weighted by molar-refractivity contribution is 5.27. The molecule has 0 aliphatic heterocycles. The largest absolute Gasteiger partial charge is 0.508 e. The second-order valence-corrected chi connectivity index (χ2v) is 5.61. The number of rotatable bonds is 4. The van der Waals surface area contributed by atoms with Gasteiger partial charge < -0.3 is 10.4 Å². The minimum Gasteiger partial charge on any atom is -0.508 e. The SMILES string of the molecule is CC(CNC(C)(C)C)Cc1cccc(O)c1. The molecule has 0 bridgehead atoms. The molecule has 1 aromatic rings. The predicted molar refractivity (Wildman–Crippen MR) is 68.7 cm³/mol. The van der Waals surface area contributed by atoms with Crippen molar-refractivity contribution >= 4 is 0 Å². The Hall–Kier alpha value is -1.02. The van der Waals surface area contributed by atoms with Gasteiger partial charge in [-0.3, -0.25) is 0 Å². The van der Waals surface area contributed by atoms with Crippen LogP contribution in [0.2, 0.25) is 0 Å². The molecule has 2 heteroatoms. The fourth-order valence-corrected chi connectivity index (χ4v) is 1.64. The topological polar surface area (TPSA) is 32.3 Å². The van der Waals surface area contributed by atoms with Crippen LogP contribution in [0.4, 0.5) is 0 Å². The lowest BCUT2D eigenvalue weighted by Gasteiger charge is -2.23. The quantitative estimate of drug-likeness (QED) is 0.819. The predicted octanol–water partition coefficient (Wildman–Crippen LogP) is 2.96. The van der Waals surface area contributed by atoms with E-state index in [2.05, 4.69) is 39.1 Å². The van der Waals surface area contributed by atoms with Crippen LogP contribution in [0, 0.1) is 5.92 Å². The highest BCUT2D eigenvalue weighted by Gasteiger charge is 2.11. The van der Waals surface area contributed by atoms with Gasteiger partial charge in [0.2, 0.25) is 0 Å². The van der Waals surface area contributed by atoms with Gasteiger partial charge in [-0.2, -0.15) is 0 Å². The molecule has 0 aliphatic rings. The first-order valence-electron chi connectivity index (χ1n) is 5.90. The molecule has 1 atom stereocenters. The molecule has 0 aromatic heterocycles. The standard InChI is InChI=1S/C14H23NO/c1-11(10-15-14(2,3)4)8-12-6-5-7-13(16)9-12/h5-7,9,11,15-16H,8,10H2,1-4H3. The number of hydrogen-bond donors (Lipinski definition) is 2. The van der Waals surface area contributed by atoms with Crippen molar-refractivity contribution in [2.24, 2.45) is 5.92 Å². The molecular weight excluding hydrogens is 198 g/mol. The van der Waals surface area contributed by atoms with Crippen molar-refractivity contribution < 1.29 is 5.11 Å². The molecule has 0 spiro atoms. The van der Waals surface area contributed by atoms with Crippen molar-refractivity contribution in [2.45, 2.75) is 39.7 Å². The van der Waals surface area contributed by atoms with Crippen LogP contribution in [0.15, 0.2) is 24.3 Å². The van der Waals surface area contributed by atoms with E-state index in [1.165, 1.54) is 5.56 Å². The molecule has 16 heavy (non-hydrogen) atoms. The summed E-state index contributed by atoms with van der Waals surface area (Å²) in [7, 11) is 0. The van der Waals surface area contributed by atoms with E-state index in [-0.39, 0.29) is 5.54 Å². The third-order valence-electron chi connectivity index (χ3n) is 2.48. The summed E-state index contributed by atoms with van der Waals surface area (Å²) in [6.45, 7) is 9.75. The number of nitrogens with one attached hydrogen (secondary N) is 1. The number of hydrogen-bond acceptors (Lipinski definition) is 2. The first-order chi connectivity index (χ1) is 7.37. The van der Waals surface area contributed by atoms with E-state index in [9.17, 15) is 5.11 Å². The van der Waals surface area contributed by atoms with Crippen LogP contribution < -0.4 is 5.32 Å². The van der Waals surface area contributed by atoms with Gasteiger partial charge in [-0.1, -0.05) is 19.1 Å². The Morgan fingerprint density at radius 3 is 2.56 bits per heavy atom. The van der Waals surface area contributed by atoms with Crippen LogP contribution in [0.5, 0.6) is 5.75 Å². The molecule has 0 amide bonds. The molecule has 2 nitrogen and oxygen atoms in total. The summed E-state index contributed by atoms with van der Waals surface area (Å²) in [6, 6.07) is 7.51. The maximum Gasteiger partial charge on any atom is 0.115 e. The number of benzene rings is 1. The molecule has 1 unspecified atom stereocenters. The van der Waals surface area contributed by atoms with Gasteiger partial charge in [-0.05, 0) is 57.4 Å². The highest BCUT2D eigenvalue weighted by Crippen LogP contribution is 2.14. The number of phenolic OH excluding ortho intramolecular Hbond substituents is 1. The molecule has 0 saturated carbocycles. The van der Waals surface area contributed by atoms with Crippen LogP contribution in [0.3, 0.4) is 0 Å². The van der Waals surface area contributed by atoms with E-state index in [0.717, 1.165) is 13.0 Å². The zero-order valence-electron chi connectivity index (χ0n) is 10.7. The number of phenols is 1. The van der Waals surface area contributed by atoms with Crippen LogP contribution in [-0.2, 0) is 6.42 Å². The minimum absolute atomic E-state index is 0.174. The molecule has 0 saturated heterocycles. The number of aromatic hydroxyl groups is 1. The highest BCUT2D eigenvalue weighted by atomic mass is 16.3. The molecule has 1 rings (SSSR count). The Morgan fingerprint density at radius 1 is 1.31 bits per heavy atom. The second kappa shape index (κ2) is 5.35. The molecule has 0 fully saturated rings. The van der Waals surface area contributed by atoms with E-state index < -0.39 is 0 Å². The lowest BCUT2D eigenvalue weighted by atomic mass is 9.99. The average molecular weight is 221 g/mol. The van der Waals surface area contributed by atoms with Crippen LogP contribution in [0.25, 0.3) is 0 Å². The maximum atomic E-state index is 9.37. The van der Waals surface area contributed by atoms with Gasteiger partial charge in [0.25, 0.3) is 0 Å². The normalized spacial score (nSPS) is 13.8. The summed E-state index contributed by atoms with van der Waals surface area (Å²) in [6.07, 6.45) is 0.997. The molecule has 0 heterocycles. The van der Waals surface area contributed by atoms with E-state index in [1.54, 1.807) is 6.07 Å². The first kappa shape index (κ1) is 13.0. The third kappa shape index (κ3) is 5.17. The summed E-state index contributed by atoms with van der Waals surface area (Å²) in [5.74, 6) is 0.925. The monoisotopic (exact) mass is 221 g/mol. The van der Waals surface area contributed by atoms with Crippen LogP contribution in [-0.4, -0.2) is 17.2 Å². The van der Waals surface area contributed by atoms with E-state index in [4.69, 9.17) is 0 Å². The van der Waals surface area contributed by atoms with Gasteiger partial charge in [0.05, 0.1) is 0 Å². The summed E-state index contributed by atoms with van der Waals surface area (Å²) in [5, 5.41) is 12.9. The van der Waals surface area contributed by atoms with Gasteiger partial charge in [-0.25, -0.2) is 0 Å². The van der Waals surface area contributed by atoms with Crippen LogP contribution >= 0.6 is 0 Å². The molecule has 0 radical (unpaired) electrons. The van der Waals surface area contributed by atoms with Crippen molar-refractivity contribution in [2.75, 3.05) is 6.54 Å². The van der Waals surface area contributed by atoms with E-state index in [0.29, 0.717) is 11.7 Å². The first-order valence-corrected chi connectivity index (χ1v) is 5.90. The molecule has 2 N–H and O–H groups in total. The maximum absolute atomic E-state index is 9.37. The lowest BCUT2D eigenvalue weighted by molar-refractivity contribution is 0.381. The van der Waals surface area contributed by atoms with Crippen molar-refractivity contribution in [1.29, 1.82) is 0 Å². The Morgan fingerprint density at radius 2 is 2.00 bits per heavy atom. The molecule has 0 aliphatic carbocycles. The van der Waals surface area contributed by atoms with Gasteiger partial charge in [0.1, 0.15) is 5.75 Å². The zero-order valence-corrected chi connectivity index (χ0v) is 10.7. The second-order valence-electron chi connectivity index (χ2n) is 5.61. The summed E-state index contributed by atoms with van der Waals surface area (Å²) in [5.41, 5.74) is 1.37. The molecule has 90 valence electrons. The van der Waals surface area contributed by atoms with E-state index in [1.807, 2.05) is 12.1 Å². The van der Waals surface area contributed by atoms with Crippen LogP contribution in [0.1, 0.15) is 33.3 Å². The Kier molecular flexibility index (Phi) is 4.36. The summed E-state index contributed by atoms with van der Waals surface area (Å²) >= 11 is 0. The lowest BCUT2D eigenvalue weighted by Crippen LogP contribution is -2.38. The summed E-state index contributed by atoms with van der Waals surface area (Å²) < 4.78 is 0. The van der Waals surface area contributed by atoms with Crippen molar-refractivity contribution in [1.82, 2.24) is 5.32 Å². The third-order valence-corrected chi connectivity index (χ3v) is 2.48. The Bertz CT molecular complexity index is 328. The molecular formula is C14H23NO. The van der Waals surface area contributed by atoms with Crippen molar-refractivity contribution in [3.63, 3.8) is 0 Å². The van der Waals surface area contributed by atoms with Gasteiger partial charge in [0.15, 0.2) is 0 Å².